The van der Waals surface area contributed by atoms with Crippen LogP contribution in [-0.2, 0) is 9.59 Å². The van der Waals surface area contributed by atoms with Crippen LogP contribution in [0.4, 0.5) is 5.69 Å². The molecule has 1 aliphatic heterocycles. The molecule has 0 saturated heterocycles. The van der Waals surface area contributed by atoms with Crippen molar-refractivity contribution in [3.05, 3.63) is 18.2 Å². The van der Waals surface area contributed by atoms with Gasteiger partial charge >= 0.3 is 0 Å². The molecule has 2 aliphatic rings. The van der Waals surface area contributed by atoms with Crippen LogP contribution in [0, 0.1) is 5.92 Å². The van der Waals surface area contributed by atoms with E-state index in [9.17, 15) is 9.59 Å². The van der Waals surface area contributed by atoms with Crippen molar-refractivity contribution in [3.8, 4) is 11.5 Å². The highest BCUT2D eigenvalue weighted by Crippen LogP contribution is 2.32. The Morgan fingerprint density at radius 3 is 2.62 bits per heavy atom. The Morgan fingerprint density at radius 2 is 1.85 bits per heavy atom. The molecule has 0 radical (unpaired) electrons. The van der Waals surface area contributed by atoms with Crippen molar-refractivity contribution >= 4 is 23.2 Å². The quantitative estimate of drug-likeness (QED) is 0.625. The van der Waals surface area contributed by atoms with Gasteiger partial charge in [-0.3, -0.25) is 9.59 Å². The maximum Gasteiger partial charge on any atom is 0.243 e. The molecule has 1 aromatic carbocycles. The van der Waals surface area contributed by atoms with Gasteiger partial charge in [0.2, 0.25) is 11.8 Å². The molecular formula is C19H25N3O4. The standard InChI is InChI=1S/C19H25N3O4/c1-13(21-22-19(24)14-5-3-2-4-6-14)11-18(23)20-15-7-8-16-17(12-15)26-10-9-25-16/h7-8,12,14H,2-6,9-11H2,1H3,(H,20,23)(H,22,24)/b21-13-. The first-order valence-corrected chi connectivity index (χ1v) is 9.14. The third kappa shape index (κ3) is 4.97. The second-order valence-corrected chi connectivity index (χ2v) is 6.74. The molecule has 1 heterocycles. The van der Waals surface area contributed by atoms with Gasteiger partial charge in [-0.1, -0.05) is 19.3 Å². The Bertz CT molecular complexity index is 696. The van der Waals surface area contributed by atoms with E-state index in [0.29, 0.717) is 36.1 Å². The zero-order chi connectivity index (χ0) is 18.4. The Kier molecular flexibility index (Phi) is 6.09. The van der Waals surface area contributed by atoms with Crippen LogP contribution >= 0.6 is 0 Å². The average Bonchev–Trinajstić information content (AvgIpc) is 2.66. The van der Waals surface area contributed by atoms with Gasteiger partial charge in [0.1, 0.15) is 13.2 Å². The molecule has 1 saturated carbocycles. The van der Waals surface area contributed by atoms with E-state index in [4.69, 9.17) is 9.47 Å². The zero-order valence-corrected chi connectivity index (χ0v) is 15.0. The van der Waals surface area contributed by atoms with Crippen LogP contribution in [0.1, 0.15) is 45.4 Å². The van der Waals surface area contributed by atoms with Gasteiger partial charge in [-0.25, -0.2) is 5.43 Å². The minimum Gasteiger partial charge on any atom is -0.486 e. The second kappa shape index (κ2) is 8.69. The molecule has 2 amide bonds. The number of nitrogens with one attached hydrogen (secondary N) is 2. The summed E-state index contributed by atoms with van der Waals surface area (Å²) in [6.07, 6.45) is 5.35. The summed E-state index contributed by atoms with van der Waals surface area (Å²) in [6.45, 7) is 2.75. The number of carbonyl (C=O) groups excluding carboxylic acids is 2. The Balaban J connectivity index is 1.48. The van der Waals surface area contributed by atoms with Crippen LogP contribution in [0.25, 0.3) is 0 Å². The van der Waals surface area contributed by atoms with Crippen LogP contribution in [-0.4, -0.2) is 30.7 Å². The molecule has 7 nitrogen and oxygen atoms in total. The monoisotopic (exact) mass is 359 g/mol. The number of hydrazone groups is 1. The van der Waals surface area contributed by atoms with Crippen molar-refractivity contribution in [2.45, 2.75) is 45.4 Å². The maximum atomic E-state index is 12.2. The number of amides is 2. The number of anilines is 1. The number of ether oxygens (including phenoxy) is 2. The van der Waals surface area contributed by atoms with Crippen LogP contribution < -0.4 is 20.2 Å². The lowest BCUT2D eigenvalue weighted by atomic mass is 9.89. The van der Waals surface area contributed by atoms with E-state index in [1.165, 1.54) is 6.42 Å². The van der Waals surface area contributed by atoms with E-state index in [-0.39, 0.29) is 24.2 Å². The first-order valence-electron chi connectivity index (χ1n) is 9.14. The van der Waals surface area contributed by atoms with E-state index in [0.717, 1.165) is 25.7 Å². The maximum absolute atomic E-state index is 12.2. The van der Waals surface area contributed by atoms with Gasteiger partial charge < -0.3 is 14.8 Å². The van der Waals surface area contributed by atoms with E-state index in [2.05, 4.69) is 15.8 Å². The minimum atomic E-state index is -0.199. The van der Waals surface area contributed by atoms with Gasteiger partial charge in [0.05, 0.1) is 6.42 Å². The Hall–Kier alpha value is -2.57. The Morgan fingerprint density at radius 1 is 1.12 bits per heavy atom. The largest absolute Gasteiger partial charge is 0.486 e. The van der Waals surface area contributed by atoms with E-state index in [1.54, 1.807) is 25.1 Å². The highest BCUT2D eigenvalue weighted by atomic mass is 16.6. The normalized spacial score (nSPS) is 17.5. The lowest BCUT2D eigenvalue weighted by molar-refractivity contribution is -0.126. The summed E-state index contributed by atoms with van der Waals surface area (Å²) < 4.78 is 11.0. The molecular weight excluding hydrogens is 334 g/mol. The van der Waals surface area contributed by atoms with Gasteiger partial charge in [-0.05, 0) is 31.9 Å². The predicted molar refractivity (Wildman–Crippen MR) is 98.5 cm³/mol. The average molecular weight is 359 g/mol. The van der Waals surface area contributed by atoms with Crippen molar-refractivity contribution in [1.82, 2.24) is 5.43 Å². The van der Waals surface area contributed by atoms with Gasteiger partial charge in [-0.2, -0.15) is 5.10 Å². The summed E-state index contributed by atoms with van der Waals surface area (Å²) in [6, 6.07) is 5.28. The predicted octanol–water partition coefficient (Wildman–Crippen LogP) is 2.86. The van der Waals surface area contributed by atoms with Crippen molar-refractivity contribution < 1.29 is 19.1 Å². The first kappa shape index (κ1) is 18.2. The lowest BCUT2D eigenvalue weighted by Crippen LogP contribution is -2.29. The second-order valence-electron chi connectivity index (χ2n) is 6.74. The number of nitrogens with zero attached hydrogens (tertiary/aromatic N) is 1. The van der Waals surface area contributed by atoms with Gasteiger partial charge in [0, 0.05) is 23.4 Å². The van der Waals surface area contributed by atoms with Gasteiger partial charge in [0.15, 0.2) is 11.5 Å². The summed E-state index contributed by atoms with van der Waals surface area (Å²) in [5.41, 5.74) is 3.79. The van der Waals surface area contributed by atoms with Gasteiger partial charge in [-0.15, -0.1) is 0 Å². The molecule has 0 spiro atoms. The molecule has 7 heteroatoms. The summed E-state index contributed by atoms with van der Waals surface area (Å²) >= 11 is 0. The molecule has 2 N–H and O–H groups in total. The van der Waals surface area contributed by atoms with Crippen LogP contribution in [0.5, 0.6) is 11.5 Å². The molecule has 0 bridgehead atoms. The SMILES string of the molecule is C/C(CC(=O)Nc1ccc2c(c1)OCCO2)=N/NC(=O)C1CCCCC1. The van der Waals surface area contributed by atoms with E-state index in [1.807, 2.05) is 0 Å². The molecule has 0 aromatic heterocycles. The van der Waals surface area contributed by atoms with Crippen LogP contribution in [0.2, 0.25) is 0 Å². The number of fused-ring (bicyclic) bond motifs is 1. The minimum absolute atomic E-state index is 0.0451. The fourth-order valence-electron chi connectivity index (χ4n) is 3.20. The molecule has 0 atom stereocenters. The van der Waals surface area contributed by atoms with Crippen LogP contribution in [0.3, 0.4) is 0 Å². The third-order valence-corrected chi connectivity index (χ3v) is 4.58. The lowest BCUT2D eigenvalue weighted by Gasteiger charge is -2.19. The van der Waals surface area contributed by atoms with Crippen molar-refractivity contribution in [2.75, 3.05) is 18.5 Å². The molecule has 0 unspecified atom stereocenters. The summed E-state index contributed by atoms with van der Waals surface area (Å²) in [5.74, 6) is 1.11. The molecule has 26 heavy (non-hydrogen) atoms. The summed E-state index contributed by atoms with van der Waals surface area (Å²) in [7, 11) is 0. The van der Waals surface area contributed by atoms with Crippen molar-refractivity contribution in [1.29, 1.82) is 0 Å². The number of benzene rings is 1. The van der Waals surface area contributed by atoms with E-state index < -0.39 is 0 Å². The molecule has 1 fully saturated rings. The fraction of sp³-hybridized carbons (Fsp3) is 0.526. The molecule has 140 valence electrons. The van der Waals surface area contributed by atoms with Gasteiger partial charge in [0.25, 0.3) is 0 Å². The molecule has 3 rings (SSSR count). The van der Waals surface area contributed by atoms with E-state index >= 15 is 0 Å². The number of hydrogen-bond acceptors (Lipinski definition) is 5. The van der Waals surface area contributed by atoms with Crippen molar-refractivity contribution in [2.24, 2.45) is 11.0 Å². The fourth-order valence-corrected chi connectivity index (χ4v) is 3.20. The molecule has 1 aromatic rings. The number of hydrogen-bond donors (Lipinski definition) is 2. The zero-order valence-electron chi connectivity index (χ0n) is 15.0. The topological polar surface area (TPSA) is 89.0 Å². The Labute approximate surface area is 153 Å². The van der Waals surface area contributed by atoms with Crippen LogP contribution in [0.15, 0.2) is 23.3 Å². The smallest absolute Gasteiger partial charge is 0.243 e. The highest BCUT2D eigenvalue weighted by molar-refractivity contribution is 6.05. The number of carbonyl (C=O) groups is 2. The summed E-state index contributed by atoms with van der Waals surface area (Å²) in [5, 5.41) is 6.87. The summed E-state index contributed by atoms with van der Waals surface area (Å²) in [4.78, 5) is 24.2. The third-order valence-electron chi connectivity index (χ3n) is 4.58. The number of rotatable bonds is 5. The first-order chi connectivity index (χ1) is 12.6. The molecule has 1 aliphatic carbocycles. The van der Waals surface area contributed by atoms with Crippen molar-refractivity contribution in [3.63, 3.8) is 0 Å². The highest BCUT2D eigenvalue weighted by Gasteiger charge is 2.20.